The molecule has 0 amide bonds. The normalized spacial score (nSPS) is 11.0. The van der Waals surface area contributed by atoms with Crippen molar-refractivity contribution >= 4 is 91.3 Å². The molecule has 0 aliphatic heterocycles. The minimum atomic E-state index is -4.60. The molecule has 172 valence electrons. The average molecular weight is 730 g/mol. The van der Waals surface area contributed by atoms with E-state index in [0.717, 1.165) is 18.2 Å². The summed E-state index contributed by atoms with van der Waals surface area (Å²) in [6, 6.07) is 3.21. The van der Waals surface area contributed by atoms with Crippen molar-refractivity contribution in [3.8, 4) is 0 Å². The van der Waals surface area contributed by atoms with Gasteiger partial charge >= 0.3 is 49.1 Å². The number of alkyl halides is 6. The van der Waals surface area contributed by atoms with E-state index in [1.54, 1.807) is 0 Å². The summed E-state index contributed by atoms with van der Waals surface area (Å²) >= 11 is 4.54. The van der Waals surface area contributed by atoms with Crippen molar-refractivity contribution in [1.82, 2.24) is 0 Å². The van der Waals surface area contributed by atoms with E-state index in [1.165, 1.54) is 0 Å². The molecule has 31 heavy (non-hydrogen) atoms. The van der Waals surface area contributed by atoms with Crippen molar-refractivity contribution < 1.29 is 31.3 Å². The van der Waals surface area contributed by atoms with Crippen LogP contribution in [0.1, 0.15) is 11.1 Å². The number of rotatable bonds is 1. The molecule has 6 N–H and O–H groups in total. The van der Waals surface area contributed by atoms with E-state index < -0.39 is 63.1 Å². The van der Waals surface area contributed by atoms with E-state index in [-0.39, 0.29) is 15.8 Å². The van der Waals surface area contributed by atoms with Gasteiger partial charge in [0, 0.05) is 15.0 Å². The van der Waals surface area contributed by atoms with Crippen molar-refractivity contribution in [2.75, 3.05) is 17.2 Å². The van der Waals surface area contributed by atoms with Gasteiger partial charge in [0.1, 0.15) is 5.69 Å². The molecule has 0 aliphatic rings. The number of nitro groups is 1. The van der Waals surface area contributed by atoms with Gasteiger partial charge in [-0.15, -0.1) is 0 Å². The van der Waals surface area contributed by atoms with Gasteiger partial charge in [0.05, 0.1) is 27.4 Å². The van der Waals surface area contributed by atoms with Gasteiger partial charge in [0.25, 0.3) is 5.69 Å². The van der Waals surface area contributed by atoms with Crippen LogP contribution in [-0.2, 0) is 12.4 Å². The van der Waals surface area contributed by atoms with E-state index in [2.05, 4.69) is 31.9 Å². The van der Waals surface area contributed by atoms with Gasteiger partial charge in [0.2, 0.25) is 0 Å². The van der Waals surface area contributed by atoms with Gasteiger partial charge in [-0.25, -0.2) is 0 Å². The van der Waals surface area contributed by atoms with Crippen molar-refractivity contribution in [3.05, 3.63) is 54.5 Å². The SMILES string of the molecule is Nc1cc(Br)c(C(F)(F)F)cc1N.Nc1cc(C(F)(F)F)c(Br)cc1[N+](=O)[O-].[Cl][Sn][Cl]. The summed E-state index contributed by atoms with van der Waals surface area (Å²) in [7, 11) is 9.87. The number of nitrogens with zero attached hydrogens (tertiary/aromatic N) is 1. The molecule has 0 saturated heterocycles. The standard InChI is InChI=1S/C7H4BrF3N2O2.C7H6BrF3N2.2ClH.Sn/c8-4-2-6(13(14)15)5(12)1-3(4)7(9,10)11;8-4-2-6(13)5(12)1-3(4)7(9,10)11;;;/h1-2H,12H2;1-2H,12-13H2;2*1H;/q;;;;+2/p-2. The number of benzene rings is 2. The molecule has 6 nitrogen and oxygen atoms in total. The number of halogens is 10. The first-order valence-electron chi connectivity index (χ1n) is 7.15. The Morgan fingerprint density at radius 3 is 1.48 bits per heavy atom. The molecule has 2 radical (unpaired) electrons. The number of hydrogen-bond acceptors (Lipinski definition) is 5. The fourth-order valence-corrected chi connectivity index (χ4v) is 2.92. The van der Waals surface area contributed by atoms with Crippen molar-refractivity contribution in [1.29, 1.82) is 0 Å². The summed E-state index contributed by atoms with van der Waals surface area (Å²) < 4.78 is 73.1. The molecular weight excluding hydrogens is 720 g/mol. The van der Waals surface area contributed by atoms with Gasteiger partial charge in [-0.1, -0.05) is 15.9 Å². The maximum atomic E-state index is 12.3. The van der Waals surface area contributed by atoms with Crippen LogP contribution in [0.2, 0.25) is 0 Å². The second-order valence-corrected chi connectivity index (χ2v) is 11.1. The van der Waals surface area contributed by atoms with Gasteiger partial charge in [-0.2, -0.15) is 26.3 Å². The minimum absolute atomic E-state index is 0.0736. The maximum absolute atomic E-state index is 12.3. The Hall–Kier alpha value is -0.841. The average Bonchev–Trinajstić information content (AvgIpc) is 2.59. The zero-order valence-corrected chi connectivity index (χ0v) is 22.1. The fraction of sp³-hybridized carbons (Fsp3) is 0.143. The molecule has 2 aromatic carbocycles. The van der Waals surface area contributed by atoms with Crippen LogP contribution in [0.3, 0.4) is 0 Å². The van der Waals surface area contributed by atoms with Crippen LogP contribution >= 0.6 is 49.7 Å². The number of anilines is 3. The van der Waals surface area contributed by atoms with Crippen LogP contribution < -0.4 is 17.2 Å². The molecule has 2 aromatic rings. The first kappa shape index (κ1) is 30.2. The molecule has 2 rings (SSSR count). The van der Waals surface area contributed by atoms with E-state index in [9.17, 15) is 36.5 Å². The Bertz CT molecular complexity index is 935. The third-order valence-electron chi connectivity index (χ3n) is 3.10. The summed E-state index contributed by atoms with van der Waals surface area (Å²) in [5, 5.41) is 10.4. The molecular formula is C14H10Br2Cl2F6N4O2Sn. The Kier molecular flexibility index (Phi) is 12.1. The van der Waals surface area contributed by atoms with Gasteiger partial charge in [-0.3, -0.25) is 10.1 Å². The first-order chi connectivity index (χ1) is 14.0. The van der Waals surface area contributed by atoms with Gasteiger partial charge < -0.3 is 17.2 Å². The molecule has 0 saturated carbocycles. The third kappa shape index (κ3) is 9.67. The molecule has 0 atom stereocenters. The second-order valence-electron chi connectivity index (χ2n) is 5.18. The van der Waals surface area contributed by atoms with E-state index in [1.807, 2.05) is 0 Å². The predicted molar refractivity (Wildman–Crippen MR) is 116 cm³/mol. The van der Waals surface area contributed by atoms with Gasteiger partial charge in [0.15, 0.2) is 0 Å². The van der Waals surface area contributed by atoms with Crippen LogP contribution in [-0.4, -0.2) is 23.8 Å². The first-order valence-corrected chi connectivity index (χ1v) is 16.0. The second kappa shape index (κ2) is 12.4. The van der Waals surface area contributed by atoms with Crippen molar-refractivity contribution in [2.45, 2.75) is 12.4 Å². The Morgan fingerprint density at radius 1 is 0.806 bits per heavy atom. The summed E-state index contributed by atoms with van der Waals surface area (Å²) in [6.45, 7) is 0. The quantitative estimate of drug-likeness (QED) is 0.101. The molecule has 17 heteroatoms. The zero-order chi connectivity index (χ0) is 24.7. The number of nitro benzene ring substituents is 1. The number of nitrogen functional groups attached to an aromatic ring is 3. The molecule has 0 aromatic heterocycles. The Morgan fingerprint density at radius 2 is 1.13 bits per heavy atom. The fourth-order valence-electron chi connectivity index (χ4n) is 1.78. The topological polar surface area (TPSA) is 121 Å². The molecule has 0 unspecified atom stereocenters. The number of hydrogen-bond donors (Lipinski definition) is 3. The molecule has 0 bridgehead atoms. The van der Waals surface area contributed by atoms with Crippen molar-refractivity contribution in [2.24, 2.45) is 0 Å². The summed E-state index contributed by atoms with van der Waals surface area (Å²) in [6.07, 6.45) is -9.01. The third-order valence-corrected chi connectivity index (χ3v) is 4.41. The summed E-state index contributed by atoms with van der Waals surface area (Å²) in [5.74, 6) is 0. The van der Waals surface area contributed by atoms with Crippen LogP contribution in [0.5, 0.6) is 0 Å². The zero-order valence-electron chi connectivity index (χ0n) is 14.6. The van der Waals surface area contributed by atoms with Gasteiger partial charge in [-0.05, 0) is 34.1 Å². The summed E-state index contributed by atoms with van der Waals surface area (Å²) in [5.41, 5.74) is 12.8. The van der Waals surface area contributed by atoms with Crippen LogP contribution in [0.4, 0.5) is 49.1 Å². The van der Waals surface area contributed by atoms with Crippen molar-refractivity contribution in [3.63, 3.8) is 0 Å². The van der Waals surface area contributed by atoms with Crippen LogP contribution in [0, 0.1) is 10.1 Å². The predicted octanol–water partition coefficient (Wildman–Crippen LogP) is 6.59. The Balaban J connectivity index is 0.000000519. The molecule has 0 fully saturated rings. The molecule has 0 spiro atoms. The van der Waals surface area contributed by atoms with E-state index in [0.29, 0.717) is 6.07 Å². The van der Waals surface area contributed by atoms with Crippen LogP contribution in [0.15, 0.2) is 33.2 Å². The monoisotopic (exact) mass is 728 g/mol. The summed E-state index contributed by atoms with van der Waals surface area (Å²) in [4.78, 5) is 9.51. The number of nitrogens with two attached hydrogens (primary N) is 3. The van der Waals surface area contributed by atoms with E-state index in [4.69, 9.17) is 35.0 Å². The molecule has 0 aliphatic carbocycles. The molecule has 0 heterocycles. The van der Waals surface area contributed by atoms with E-state index >= 15 is 0 Å². The van der Waals surface area contributed by atoms with Crippen LogP contribution in [0.25, 0.3) is 0 Å². The Labute approximate surface area is 205 Å².